The number of imide groups is 2. The second-order valence-corrected chi connectivity index (χ2v) is 2.24. The van der Waals surface area contributed by atoms with Crippen molar-refractivity contribution in [1.29, 1.82) is 0 Å². The fourth-order valence-electron chi connectivity index (χ4n) is 0.651. The summed E-state index contributed by atoms with van der Waals surface area (Å²) >= 11 is 0. The van der Waals surface area contributed by atoms with E-state index < -0.39 is 23.6 Å². The van der Waals surface area contributed by atoms with Crippen LogP contribution in [0.3, 0.4) is 0 Å². The van der Waals surface area contributed by atoms with Crippen LogP contribution in [0.4, 0.5) is 0 Å². The molecule has 0 aliphatic carbocycles. The standard InChI is InChI=1S/2C4H3NO2.Y/c2*6-3-1-2-4(7)5-3;/h2*1-2H,(H,5,6,7);/q;;+3/p-2. The molecular formula is C8H4N2O4Y+. The Labute approximate surface area is 110 Å². The summed E-state index contributed by atoms with van der Waals surface area (Å²) in [7, 11) is 0. The van der Waals surface area contributed by atoms with E-state index >= 15 is 0 Å². The Kier molecular flexibility index (Phi) is 5.88. The predicted octanol–water partition coefficient (Wildman–Crippen LogP) is -0.0363. The zero-order valence-electron chi connectivity index (χ0n) is 7.41. The van der Waals surface area contributed by atoms with Gasteiger partial charge in [-0.15, -0.1) is 0 Å². The molecule has 2 heterocycles. The Morgan fingerprint density at radius 1 is 0.600 bits per heavy atom. The van der Waals surface area contributed by atoms with Crippen molar-refractivity contribution < 1.29 is 51.9 Å². The number of hydrogen-bond acceptors (Lipinski definition) is 4. The average Bonchev–Trinajstić information content (AvgIpc) is 2.63. The van der Waals surface area contributed by atoms with Gasteiger partial charge < -0.3 is 29.8 Å². The maximum absolute atomic E-state index is 9.98. The molecule has 0 atom stereocenters. The van der Waals surface area contributed by atoms with Crippen LogP contribution in [0.2, 0.25) is 0 Å². The second kappa shape index (κ2) is 6.37. The summed E-state index contributed by atoms with van der Waals surface area (Å²) in [4.78, 5) is 39.9. The molecule has 0 unspecified atom stereocenters. The van der Waals surface area contributed by atoms with Crippen LogP contribution in [0.1, 0.15) is 0 Å². The Balaban J connectivity index is 0.000000245. The van der Waals surface area contributed by atoms with Gasteiger partial charge in [-0.25, -0.2) is 0 Å². The van der Waals surface area contributed by atoms with Crippen LogP contribution < -0.4 is 0 Å². The molecule has 0 bridgehead atoms. The first-order valence-corrected chi connectivity index (χ1v) is 3.53. The summed E-state index contributed by atoms with van der Waals surface area (Å²) in [6.07, 6.45) is 4.56. The van der Waals surface area contributed by atoms with E-state index in [4.69, 9.17) is 0 Å². The van der Waals surface area contributed by atoms with Crippen LogP contribution >= 0.6 is 0 Å². The molecular weight excluding hydrogens is 277 g/mol. The summed E-state index contributed by atoms with van der Waals surface area (Å²) in [6.45, 7) is 0. The third-order valence-corrected chi connectivity index (χ3v) is 1.18. The normalized spacial score (nSPS) is 16.5. The Hall–Kier alpha value is -1.14. The van der Waals surface area contributed by atoms with E-state index in [2.05, 4.69) is 10.6 Å². The summed E-state index contributed by atoms with van der Waals surface area (Å²) in [6, 6.07) is 0. The van der Waals surface area contributed by atoms with E-state index in [1.165, 1.54) is 0 Å². The van der Waals surface area contributed by atoms with Crippen molar-refractivity contribution in [2.75, 3.05) is 0 Å². The molecule has 0 saturated heterocycles. The van der Waals surface area contributed by atoms with Crippen LogP contribution in [0, 0.1) is 0 Å². The van der Waals surface area contributed by atoms with E-state index in [9.17, 15) is 19.2 Å². The van der Waals surface area contributed by atoms with Gasteiger partial charge in [-0.2, -0.15) is 0 Å². The first-order chi connectivity index (χ1) is 6.58. The molecule has 6 nitrogen and oxygen atoms in total. The van der Waals surface area contributed by atoms with E-state index in [1.807, 2.05) is 0 Å². The monoisotopic (exact) mass is 281 g/mol. The molecule has 2 aliphatic heterocycles. The van der Waals surface area contributed by atoms with Crippen molar-refractivity contribution in [2.24, 2.45) is 0 Å². The molecule has 2 rings (SSSR count). The molecule has 72 valence electrons. The second-order valence-electron chi connectivity index (χ2n) is 2.24. The van der Waals surface area contributed by atoms with Gasteiger partial charge in [-0.3, -0.25) is 0 Å². The van der Waals surface area contributed by atoms with Crippen molar-refractivity contribution in [3.8, 4) is 0 Å². The summed E-state index contributed by atoms with van der Waals surface area (Å²) in [5, 5.41) is 6.00. The fraction of sp³-hybridized carbons (Fsp3) is 0. The topological polar surface area (TPSA) is 96.5 Å². The van der Waals surface area contributed by atoms with Crippen molar-refractivity contribution in [3.63, 3.8) is 0 Å². The third-order valence-electron chi connectivity index (χ3n) is 1.18. The smallest absolute Gasteiger partial charge is 0.589 e. The van der Waals surface area contributed by atoms with Crippen LogP contribution in [0.15, 0.2) is 24.3 Å². The van der Waals surface area contributed by atoms with Gasteiger partial charge in [0.25, 0.3) is 0 Å². The first kappa shape index (κ1) is 13.9. The van der Waals surface area contributed by atoms with Crippen LogP contribution in [-0.4, -0.2) is 23.6 Å². The van der Waals surface area contributed by atoms with Gasteiger partial charge in [-0.05, 0) is 24.3 Å². The minimum absolute atomic E-state index is 0. The Bertz CT molecular complexity index is 305. The van der Waals surface area contributed by atoms with Crippen molar-refractivity contribution in [3.05, 3.63) is 34.9 Å². The SMILES string of the molecule is O=C1C=CC(=O)[N-]1.O=C1C=CC(=O)[N-]1.[Y+3]. The fourth-order valence-corrected chi connectivity index (χ4v) is 0.651. The number of carbonyl (C=O) groups excluding carboxylic acids is 4. The number of carbonyl (C=O) groups is 4. The average molecular weight is 281 g/mol. The third kappa shape index (κ3) is 5.34. The maximum Gasteiger partial charge on any atom is 3.00 e. The first-order valence-electron chi connectivity index (χ1n) is 3.53. The molecule has 0 N–H and O–H groups in total. The number of amides is 4. The molecule has 0 radical (unpaired) electrons. The maximum atomic E-state index is 9.98. The van der Waals surface area contributed by atoms with Crippen LogP contribution in [0.25, 0.3) is 10.6 Å². The van der Waals surface area contributed by atoms with Gasteiger partial charge >= 0.3 is 32.7 Å². The van der Waals surface area contributed by atoms with Gasteiger partial charge in [-0.1, -0.05) is 0 Å². The molecule has 0 aromatic heterocycles. The summed E-state index contributed by atoms with van der Waals surface area (Å²) in [5.41, 5.74) is 0. The Morgan fingerprint density at radius 3 is 0.867 bits per heavy atom. The minimum Gasteiger partial charge on any atom is -0.589 e. The zero-order chi connectivity index (χ0) is 10.6. The molecule has 0 aromatic carbocycles. The van der Waals surface area contributed by atoms with Crippen molar-refractivity contribution in [1.82, 2.24) is 0 Å². The molecule has 4 amide bonds. The number of nitrogens with zero attached hydrogens (tertiary/aromatic N) is 2. The van der Waals surface area contributed by atoms with E-state index in [1.54, 1.807) is 0 Å². The van der Waals surface area contributed by atoms with Gasteiger partial charge in [0.05, 0.1) is 23.6 Å². The number of rotatable bonds is 0. The van der Waals surface area contributed by atoms with Gasteiger partial charge in [0.15, 0.2) is 0 Å². The van der Waals surface area contributed by atoms with Crippen LogP contribution in [0.5, 0.6) is 0 Å². The largest absolute Gasteiger partial charge is 3.00 e. The molecule has 2 aliphatic rings. The van der Waals surface area contributed by atoms with E-state index in [0.29, 0.717) is 0 Å². The van der Waals surface area contributed by atoms with E-state index in [-0.39, 0.29) is 32.7 Å². The molecule has 0 aromatic rings. The zero-order valence-corrected chi connectivity index (χ0v) is 10.3. The minimum atomic E-state index is -0.454. The predicted molar refractivity (Wildman–Crippen MR) is 45.0 cm³/mol. The summed E-state index contributed by atoms with van der Waals surface area (Å²) < 4.78 is 0. The van der Waals surface area contributed by atoms with Crippen LogP contribution in [-0.2, 0) is 51.9 Å². The van der Waals surface area contributed by atoms with Crippen molar-refractivity contribution in [2.45, 2.75) is 0 Å². The molecule has 15 heavy (non-hydrogen) atoms. The Morgan fingerprint density at radius 2 is 0.800 bits per heavy atom. The molecule has 7 heteroatoms. The van der Waals surface area contributed by atoms with Gasteiger partial charge in [0.1, 0.15) is 0 Å². The molecule has 0 fully saturated rings. The van der Waals surface area contributed by atoms with Crippen molar-refractivity contribution >= 4 is 23.6 Å². The summed E-state index contributed by atoms with van der Waals surface area (Å²) in [5.74, 6) is -1.81. The van der Waals surface area contributed by atoms with E-state index in [0.717, 1.165) is 24.3 Å². The van der Waals surface area contributed by atoms with Gasteiger partial charge in [0, 0.05) is 0 Å². The number of hydrogen-bond donors (Lipinski definition) is 0. The van der Waals surface area contributed by atoms with Gasteiger partial charge in [0.2, 0.25) is 0 Å². The molecule has 0 saturated carbocycles. The quantitative estimate of drug-likeness (QED) is 0.582. The molecule has 0 spiro atoms.